The van der Waals surface area contributed by atoms with Gasteiger partial charge in [-0.2, -0.15) is 0 Å². The second-order valence-electron chi connectivity index (χ2n) is 4.46. The Kier molecular flexibility index (Phi) is 5.26. The Morgan fingerprint density at radius 2 is 1.41 bits per heavy atom. The first-order valence-electron chi connectivity index (χ1n) is 6.72. The highest BCUT2D eigenvalue weighted by molar-refractivity contribution is 5.43. The lowest BCUT2D eigenvalue weighted by Gasteiger charge is -2.05. The summed E-state index contributed by atoms with van der Waals surface area (Å²) in [6, 6.07) is 14.3. The summed E-state index contributed by atoms with van der Waals surface area (Å²) in [5, 5.41) is 0. The maximum absolute atomic E-state index is 5.65. The van der Waals surface area contributed by atoms with E-state index in [1.807, 2.05) is 0 Å². The van der Waals surface area contributed by atoms with Crippen LogP contribution >= 0.6 is 0 Å². The lowest BCUT2D eigenvalue weighted by atomic mass is 10.3. The van der Waals surface area contributed by atoms with E-state index in [9.17, 15) is 0 Å². The molecule has 4 N–H and O–H groups in total. The van der Waals surface area contributed by atoms with Crippen molar-refractivity contribution in [3.05, 3.63) is 85.4 Å². The maximum Gasteiger partial charge on any atom is 0.127 e. The third-order valence-electron chi connectivity index (χ3n) is 2.74. The predicted molar refractivity (Wildman–Crippen MR) is 90.4 cm³/mol. The lowest BCUT2D eigenvalue weighted by Crippen LogP contribution is -1.92. The smallest absolute Gasteiger partial charge is 0.127 e. The fourth-order valence-corrected chi connectivity index (χ4v) is 1.61. The second-order valence-corrected chi connectivity index (χ2v) is 4.46. The number of allylic oxidation sites excluding steroid dienone is 3. The quantitative estimate of drug-likeness (QED) is 0.481. The highest BCUT2D eigenvalue weighted by atomic mass is 16.5. The van der Waals surface area contributed by atoms with Crippen molar-refractivity contribution in [1.82, 2.24) is 0 Å². The highest BCUT2D eigenvalue weighted by Gasteiger charge is 1.96. The van der Waals surface area contributed by atoms with Crippen molar-refractivity contribution >= 4 is 11.4 Å². The first-order valence-corrected chi connectivity index (χ1v) is 6.72. The molecular formula is C18H18N2O2. The van der Waals surface area contributed by atoms with Crippen LogP contribution in [0, 0.1) is 0 Å². The summed E-state index contributed by atoms with van der Waals surface area (Å²) in [7, 11) is 0. The van der Waals surface area contributed by atoms with Gasteiger partial charge in [-0.1, -0.05) is 6.58 Å². The number of anilines is 2. The van der Waals surface area contributed by atoms with Gasteiger partial charge >= 0.3 is 0 Å². The zero-order valence-electron chi connectivity index (χ0n) is 12.1. The standard InChI is InChI=1S/C18H18N2O2/c1-2-16(22-18-11-7-15(20)8-12-18)4-3-13-21-17-9-5-14(19)6-10-17/h2-13H,1,19-20H2/b13-3-,16-4+. The molecule has 0 aliphatic rings. The van der Waals surface area contributed by atoms with Crippen LogP contribution in [0.15, 0.2) is 85.4 Å². The number of hydrogen-bond acceptors (Lipinski definition) is 4. The van der Waals surface area contributed by atoms with E-state index in [1.54, 1.807) is 73.0 Å². The van der Waals surface area contributed by atoms with Crippen LogP contribution in [-0.2, 0) is 0 Å². The molecule has 22 heavy (non-hydrogen) atoms. The molecule has 0 heterocycles. The molecule has 0 unspecified atom stereocenters. The highest BCUT2D eigenvalue weighted by Crippen LogP contribution is 2.17. The summed E-state index contributed by atoms with van der Waals surface area (Å²) >= 11 is 0. The fraction of sp³-hybridized carbons (Fsp3) is 0. The molecule has 0 bridgehead atoms. The molecule has 4 heteroatoms. The Hall–Kier alpha value is -3.14. The Morgan fingerprint density at radius 3 is 1.95 bits per heavy atom. The van der Waals surface area contributed by atoms with Gasteiger partial charge in [0.15, 0.2) is 0 Å². The molecule has 0 spiro atoms. The molecular weight excluding hydrogens is 276 g/mol. The Balaban J connectivity index is 1.93. The molecule has 0 fully saturated rings. The fourth-order valence-electron chi connectivity index (χ4n) is 1.61. The van der Waals surface area contributed by atoms with E-state index in [2.05, 4.69) is 6.58 Å². The van der Waals surface area contributed by atoms with Crippen molar-refractivity contribution < 1.29 is 9.47 Å². The lowest BCUT2D eigenvalue weighted by molar-refractivity contribution is 0.444. The van der Waals surface area contributed by atoms with Crippen LogP contribution in [0.3, 0.4) is 0 Å². The van der Waals surface area contributed by atoms with Gasteiger partial charge in [0.1, 0.15) is 17.3 Å². The summed E-state index contributed by atoms with van der Waals surface area (Å²) in [5.41, 5.74) is 12.6. The molecule has 0 radical (unpaired) electrons. The van der Waals surface area contributed by atoms with Crippen molar-refractivity contribution in [2.75, 3.05) is 11.5 Å². The molecule has 0 aliphatic carbocycles. The van der Waals surface area contributed by atoms with Gasteiger partial charge in [0, 0.05) is 11.4 Å². The summed E-state index contributed by atoms with van der Waals surface area (Å²) < 4.78 is 11.1. The van der Waals surface area contributed by atoms with Gasteiger partial charge in [-0.25, -0.2) is 0 Å². The van der Waals surface area contributed by atoms with Gasteiger partial charge in [-0.15, -0.1) is 0 Å². The van der Waals surface area contributed by atoms with Gasteiger partial charge in [-0.3, -0.25) is 0 Å². The van der Waals surface area contributed by atoms with Crippen molar-refractivity contribution in [2.45, 2.75) is 0 Å². The Labute approximate surface area is 130 Å². The van der Waals surface area contributed by atoms with E-state index in [-0.39, 0.29) is 0 Å². The third kappa shape index (κ3) is 4.76. The average Bonchev–Trinajstić information content (AvgIpc) is 2.54. The normalized spacial score (nSPS) is 11.4. The van der Waals surface area contributed by atoms with Crippen LogP contribution in [0.25, 0.3) is 0 Å². The Bertz CT molecular complexity index is 671. The van der Waals surface area contributed by atoms with Crippen LogP contribution in [-0.4, -0.2) is 0 Å². The van der Waals surface area contributed by atoms with E-state index in [4.69, 9.17) is 20.9 Å². The molecule has 0 atom stereocenters. The molecule has 0 saturated heterocycles. The van der Waals surface area contributed by atoms with E-state index in [0.717, 1.165) is 0 Å². The van der Waals surface area contributed by atoms with Gasteiger partial charge in [-0.05, 0) is 66.8 Å². The van der Waals surface area contributed by atoms with Gasteiger partial charge in [0.2, 0.25) is 0 Å². The van der Waals surface area contributed by atoms with Crippen LogP contribution < -0.4 is 20.9 Å². The van der Waals surface area contributed by atoms with Crippen molar-refractivity contribution in [1.29, 1.82) is 0 Å². The van der Waals surface area contributed by atoms with Crippen LogP contribution in [0.2, 0.25) is 0 Å². The number of rotatable bonds is 6. The van der Waals surface area contributed by atoms with Gasteiger partial charge in [0.05, 0.1) is 6.26 Å². The van der Waals surface area contributed by atoms with E-state index < -0.39 is 0 Å². The molecule has 0 saturated carbocycles. The zero-order chi connectivity index (χ0) is 15.8. The number of hydrogen-bond donors (Lipinski definition) is 2. The van der Waals surface area contributed by atoms with E-state index in [0.29, 0.717) is 28.6 Å². The topological polar surface area (TPSA) is 70.5 Å². The number of benzene rings is 2. The molecule has 2 aromatic rings. The number of nitrogens with two attached hydrogens (primary N) is 2. The summed E-state index contributed by atoms with van der Waals surface area (Å²) in [4.78, 5) is 0. The van der Waals surface area contributed by atoms with E-state index >= 15 is 0 Å². The SMILES string of the molecule is C=C/C(=C\C=C/Oc1ccc(N)cc1)Oc1ccc(N)cc1. The number of ether oxygens (including phenoxy) is 2. The molecule has 0 aliphatic heterocycles. The summed E-state index contributed by atoms with van der Waals surface area (Å²) in [5.74, 6) is 1.99. The Morgan fingerprint density at radius 1 is 0.864 bits per heavy atom. The summed E-state index contributed by atoms with van der Waals surface area (Å²) in [6.45, 7) is 3.71. The minimum absolute atomic E-state index is 0.599. The molecule has 2 rings (SSSR count). The van der Waals surface area contributed by atoms with E-state index in [1.165, 1.54) is 0 Å². The van der Waals surface area contributed by atoms with Crippen molar-refractivity contribution in [2.24, 2.45) is 0 Å². The monoisotopic (exact) mass is 294 g/mol. The minimum atomic E-state index is 0.599. The maximum atomic E-state index is 5.65. The minimum Gasteiger partial charge on any atom is -0.465 e. The summed E-state index contributed by atoms with van der Waals surface area (Å²) in [6.07, 6.45) is 6.65. The molecule has 2 aromatic carbocycles. The molecule has 0 amide bonds. The molecule has 0 aromatic heterocycles. The molecule has 4 nitrogen and oxygen atoms in total. The van der Waals surface area contributed by atoms with Gasteiger partial charge < -0.3 is 20.9 Å². The third-order valence-corrected chi connectivity index (χ3v) is 2.74. The second kappa shape index (κ2) is 7.59. The van der Waals surface area contributed by atoms with Crippen molar-refractivity contribution in [3.63, 3.8) is 0 Å². The first-order chi connectivity index (χ1) is 10.7. The molecule has 112 valence electrons. The van der Waals surface area contributed by atoms with Crippen LogP contribution in [0.4, 0.5) is 11.4 Å². The van der Waals surface area contributed by atoms with Crippen LogP contribution in [0.1, 0.15) is 0 Å². The average molecular weight is 294 g/mol. The largest absolute Gasteiger partial charge is 0.465 e. The predicted octanol–water partition coefficient (Wildman–Crippen LogP) is 3.89. The van der Waals surface area contributed by atoms with Crippen LogP contribution in [0.5, 0.6) is 11.5 Å². The van der Waals surface area contributed by atoms with Crippen molar-refractivity contribution in [3.8, 4) is 11.5 Å². The number of nitrogen functional groups attached to an aromatic ring is 2. The van der Waals surface area contributed by atoms with Gasteiger partial charge in [0.25, 0.3) is 0 Å². The zero-order valence-corrected chi connectivity index (χ0v) is 12.1. The first kappa shape index (κ1) is 15.3.